The van der Waals surface area contributed by atoms with E-state index in [0.29, 0.717) is 23.4 Å². The van der Waals surface area contributed by atoms with Crippen molar-refractivity contribution >= 4 is 33.9 Å². The molecule has 9 nitrogen and oxygen atoms in total. The number of rotatable bonds is 8. The number of pyridine rings is 1. The zero-order valence-corrected chi connectivity index (χ0v) is 29.5. The highest BCUT2D eigenvalue weighted by molar-refractivity contribution is 6.10. The van der Waals surface area contributed by atoms with Gasteiger partial charge in [0, 0.05) is 62.1 Å². The summed E-state index contributed by atoms with van der Waals surface area (Å²) in [4.78, 5) is 31.0. The Bertz CT molecular complexity index is 2260. The van der Waals surface area contributed by atoms with E-state index in [9.17, 15) is 22.8 Å². The summed E-state index contributed by atoms with van der Waals surface area (Å²) in [7, 11) is 3.33. The first-order valence-corrected chi connectivity index (χ1v) is 17.4. The van der Waals surface area contributed by atoms with Gasteiger partial charge >= 0.3 is 6.18 Å². The maximum absolute atomic E-state index is 15.3. The minimum atomic E-state index is -4.77. The number of aromatic nitrogens is 3. The van der Waals surface area contributed by atoms with Gasteiger partial charge in [0.05, 0.1) is 28.4 Å². The topological polar surface area (TPSA) is 98.9 Å². The third-order valence-corrected chi connectivity index (χ3v) is 10.2. The molecule has 0 bridgehead atoms. The summed E-state index contributed by atoms with van der Waals surface area (Å²) in [5.41, 5.74) is -0.674. The van der Waals surface area contributed by atoms with Crippen molar-refractivity contribution in [3.63, 3.8) is 0 Å². The number of alkyl halides is 3. The van der Waals surface area contributed by atoms with Crippen LogP contribution in [0.25, 0.3) is 27.7 Å². The van der Waals surface area contributed by atoms with E-state index in [1.54, 1.807) is 38.6 Å². The molecule has 1 aliphatic carbocycles. The van der Waals surface area contributed by atoms with Crippen LogP contribution in [0, 0.1) is 18.6 Å². The molecule has 3 aromatic heterocycles. The SMILES string of the molecule is COC1CCC(NC/C=C/C(=O)Nc2c(F)cc(C(=O)c3cc4c5c(cccn35)-c3c(C(F)(F)F)cc5c(nc(C)n5C)c3OC(C)C4)cc2F)CC1. The van der Waals surface area contributed by atoms with E-state index in [1.165, 1.54) is 34.9 Å². The molecule has 2 aliphatic rings. The molecule has 1 atom stereocenters. The van der Waals surface area contributed by atoms with Gasteiger partial charge in [-0.3, -0.25) is 9.59 Å². The normalized spacial score (nSPS) is 18.9. The van der Waals surface area contributed by atoms with Crippen LogP contribution >= 0.6 is 0 Å². The summed E-state index contributed by atoms with van der Waals surface area (Å²) in [5, 5.41) is 5.54. The van der Waals surface area contributed by atoms with E-state index in [1.807, 2.05) is 0 Å². The van der Waals surface area contributed by atoms with Crippen LogP contribution in [0.1, 0.15) is 65.6 Å². The van der Waals surface area contributed by atoms with Gasteiger partial charge in [0.1, 0.15) is 34.8 Å². The van der Waals surface area contributed by atoms with Gasteiger partial charge in [-0.25, -0.2) is 13.8 Å². The number of aryl methyl sites for hydroxylation is 2. The maximum atomic E-state index is 15.3. The first-order chi connectivity index (χ1) is 25.2. The maximum Gasteiger partial charge on any atom is 0.417 e. The fraction of sp³-hybridized carbons (Fsp3) is 0.359. The molecule has 5 aromatic rings. The van der Waals surface area contributed by atoms with E-state index in [4.69, 9.17) is 9.47 Å². The van der Waals surface area contributed by atoms with Gasteiger partial charge in [-0.2, -0.15) is 13.2 Å². The quantitative estimate of drug-likeness (QED) is 0.0964. The van der Waals surface area contributed by atoms with Gasteiger partial charge in [0.15, 0.2) is 5.75 Å². The summed E-state index contributed by atoms with van der Waals surface area (Å²) < 4.78 is 89.7. The monoisotopic (exact) mass is 735 g/mol. The van der Waals surface area contributed by atoms with Crippen LogP contribution in [-0.4, -0.2) is 57.5 Å². The molecule has 278 valence electrons. The fourth-order valence-electron chi connectivity index (χ4n) is 7.48. The molecule has 1 aliphatic heterocycles. The van der Waals surface area contributed by atoms with Crippen LogP contribution in [-0.2, 0) is 29.2 Å². The van der Waals surface area contributed by atoms with Crippen LogP contribution < -0.4 is 15.4 Å². The van der Waals surface area contributed by atoms with Crippen molar-refractivity contribution in [2.75, 3.05) is 19.0 Å². The first kappa shape index (κ1) is 36.3. The minimum Gasteiger partial charge on any atom is -0.487 e. The number of ether oxygens (including phenoxy) is 2. The van der Waals surface area contributed by atoms with Gasteiger partial charge in [-0.05, 0) is 75.4 Å². The third kappa shape index (κ3) is 6.81. The predicted octanol–water partition coefficient (Wildman–Crippen LogP) is 7.69. The Morgan fingerprint density at radius 3 is 2.49 bits per heavy atom. The highest BCUT2D eigenvalue weighted by Crippen LogP contribution is 2.49. The van der Waals surface area contributed by atoms with Crippen LogP contribution in [0.15, 0.2) is 54.7 Å². The molecule has 7 rings (SSSR count). The van der Waals surface area contributed by atoms with Crippen LogP contribution in [0.2, 0.25) is 0 Å². The minimum absolute atomic E-state index is 0.0162. The average Bonchev–Trinajstić information content (AvgIpc) is 3.62. The Kier molecular flexibility index (Phi) is 9.62. The van der Waals surface area contributed by atoms with Gasteiger partial charge in [0.25, 0.3) is 0 Å². The molecule has 2 aromatic carbocycles. The standard InChI is InChI=1S/C39H38F5N5O4/c1-20-15-22-18-31(37(51)23-16-28(40)34(29(41)17-23)47-32(50)8-5-13-45-24-9-11-25(52-4)12-10-24)49-14-6-7-26(36(22)49)33-27(39(42,43)44)19-30-35(38(33)53-20)46-21(2)48(30)3/h5-8,14,16-20,24-25,45H,9-13,15H2,1-4H3,(H,47,50)/b8-5+. The number of methoxy groups -OCH3 is 1. The van der Waals surface area contributed by atoms with Gasteiger partial charge in [-0.15, -0.1) is 0 Å². The Labute approximate surface area is 301 Å². The Morgan fingerprint density at radius 2 is 1.81 bits per heavy atom. The summed E-state index contributed by atoms with van der Waals surface area (Å²) in [6.07, 6.45) is 3.09. The molecule has 1 saturated carbocycles. The molecule has 1 amide bonds. The predicted molar refractivity (Wildman–Crippen MR) is 189 cm³/mol. The Hall–Kier alpha value is -5.08. The van der Waals surface area contributed by atoms with Crippen LogP contribution in [0.3, 0.4) is 0 Å². The fourth-order valence-corrected chi connectivity index (χ4v) is 7.48. The summed E-state index contributed by atoms with van der Waals surface area (Å²) in [6.45, 7) is 3.79. The number of anilines is 1. The van der Waals surface area contributed by atoms with Gasteiger partial charge in [0.2, 0.25) is 11.7 Å². The lowest BCUT2D eigenvalue weighted by atomic mass is 9.93. The largest absolute Gasteiger partial charge is 0.487 e. The van der Waals surface area contributed by atoms with Crippen LogP contribution in [0.4, 0.5) is 27.6 Å². The number of nitrogens with one attached hydrogen (secondary N) is 2. The molecule has 0 radical (unpaired) electrons. The van der Waals surface area contributed by atoms with E-state index in [0.717, 1.165) is 43.9 Å². The lowest BCUT2D eigenvalue weighted by molar-refractivity contribution is -0.137. The summed E-state index contributed by atoms with van der Waals surface area (Å²) in [6, 6.07) is 7.52. The summed E-state index contributed by atoms with van der Waals surface area (Å²) >= 11 is 0. The number of hydrogen-bond donors (Lipinski definition) is 2. The number of hydrogen-bond acceptors (Lipinski definition) is 6. The van der Waals surface area contributed by atoms with Crippen molar-refractivity contribution in [2.24, 2.45) is 7.05 Å². The zero-order valence-electron chi connectivity index (χ0n) is 29.5. The molecular weight excluding hydrogens is 697 g/mol. The zero-order chi connectivity index (χ0) is 37.8. The number of nitrogens with zero attached hydrogens (tertiary/aromatic N) is 3. The lowest BCUT2D eigenvalue weighted by Gasteiger charge is -2.27. The second kappa shape index (κ2) is 14.0. The summed E-state index contributed by atoms with van der Waals surface area (Å²) in [5.74, 6) is -3.37. The number of imidazole rings is 1. The first-order valence-electron chi connectivity index (χ1n) is 17.4. The second-order valence-electron chi connectivity index (χ2n) is 13.7. The Balaban J connectivity index is 1.19. The molecule has 0 spiro atoms. The van der Waals surface area contributed by atoms with Crippen molar-refractivity contribution in [1.29, 1.82) is 0 Å². The molecule has 1 fully saturated rings. The van der Waals surface area contributed by atoms with Crippen LogP contribution in [0.5, 0.6) is 5.75 Å². The average molecular weight is 736 g/mol. The van der Waals surface area contributed by atoms with Gasteiger partial charge < -0.3 is 29.1 Å². The van der Waals surface area contributed by atoms with Crippen molar-refractivity contribution in [3.05, 3.63) is 94.6 Å². The molecular formula is C39H38F5N5O4. The highest BCUT2D eigenvalue weighted by atomic mass is 19.4. The van der Waals surface area contributed by atoms with Crippen molar-refractivity contribution in [1.82, 2.24) is 19.3 Å². The number of benzene rings is 2. The van der Waals surface area contributed by atoms with Crippen molar-refractivity contribution in [3.8, 4) is 16.9 Å². The van der Waals surface area contributed by atoms with E-state index < -0.39 is 46.9 Å². The molecule has 53 heavy (non-hydrogen) atoms. The van der Waals surface area contributed by atoms with E-state index in [-0.39, 0.29) is 57.7 Å². The number of halogens is 5. The van der Waals surface area contributed by atoms with E-state index >= 15 is 8.78 Å². The van der Waals surface area contributed by atoms with Crippen molar-refractivity contribution in [2.45, 2.75) is 70.4 Å². The smallest absolute Gasteiger partial charge is 0.417 e. The molecule has 4 heterocycles. The van der Waals surface area contributed by atoms with Gasteiger partial charge in [-0.1, -0.05) is 12.1 Å². The molecule has 0 saturated heterocycles. The second-order valence-corrected chi connectivity index (χ2v) is 13.7. The molecule has 1 unspecified atom stereocenters. The highest BCUT2D eigenvalue weighted by Gasteiger charge is 2.39. The number of carbonyl (C=O) groups excluding carboxylic acids is 2. The number of fused-ring (bicyclic) bond motifs is 4. The number of carbonyl (C=O) groups is 2. The molecule has 14 heteroatoms. The lowest BCUT2D eigenvalue weighted by Crippen LogP contribution is -2.35. The van der Waals surface area contributed by atoms with Crippen molar-refractivity contribution < 1.29 is 41.0 Å². The number of amides is 1. The van der Waals surface area contributed by atoms with E-state index in [2.05, 4.69) is 15.6 Å². The Morgan fingerprint density at radius 1 is 1.09 bits per heavy atom. The number of ketones is 1. The third-order valence-electron chi connectivity index (χ3n) is 10.2. The molecule has 2 N–H and O–H groups in total.